The van der Waals surface area contributed by atoms with Gasteiger partial charge in [0, 0.05) is 5.56 Å². The number of methoxy groups -OCH3 is 1. The molecular weight excluding hydrogens is 265 g/mol. The van der Waals surface area contributed by atoms with Crippen molar-refractivity contribution in [1.29, 1.82) is 0 Å². The fourth-order valence-corrected chi connectivity index (χ4v) is 2.54. The first-order chi connectivity index (χ1) is 10.2. The van der Waals surface area contributed by atoms with E-state index < -0.39 is 0 Å². The predicted octanol–water partition coefficient (Wildman–Crippen LogP) is 4.23. The van der Waals surface area contributed by atoms with Gasteiger partial charge in [-0.2, -0.15) is 0 Å². The molecule has 21 heavy (non-hydrogen) atoms. The summed E-state index contributed by atoms with van der Waals surface area (Å²) in [6.07, 6.45) is 1.03. The molecule has 0 radical (unpaired) electrons. The van der Waals surface area contributed by atoms with Gasteiger partial charge in [-0.3, -0.25) is 0 Å². The zero-order chi connectivity index (χ0) is 15.2. The van der Waals surface area contributed by atoms with Crippen LogP contribution < -0.4 is 10.1 Å². The molecule has 0 saturated carbocycles. The van der Waals surface area contributed by atoms with Gasteiger partial charge >= 0.3 is 0 Å². The first-order valence-corrected chi connectivity index (χ1v) is 7.29. The first kappa shape index (κ1) is 15.5. The zero-order valence-electron chi connectivity index (χ0n) is 12.8. The summed E-state index contributed by atoms with van der Waals surface area (Å²) < 4.78 is 18.8. The molecule has 1 N–H and O–H groups in total. The van der Waals surface area contributed by atoms with Crippen molar-refractivity contribution >= 4 is 0 Å². The number of hydrogen-bond acceptors (Lipinski definition) is 2. The fourth-order valence-electron chi connectivity index (χ4n) is 2.54. The molecule has 0 fully saturated rings. The molecule has 2 aromatic rings. The number of aryl methyl sites for hydroxylation is 1. The summed E-state index contributed by atoms with van der Waals surface area (Å²) >= 11 is 0. The second kappa shape index (κ2) is 7.23. The molecule has 2 aromatic carbocycles. The maximum Gasteiger partial charge on any atom is 0.123 e. The van der Waals surface area contributed by atoms with Crippen LogP contribution in [0, 0.1) is 12.7 Å². The van der Waals surface area contributed by atoms with Crippen molar-refractivity contribution in [2.75, 3.05) is 13.7 Å². The highest BCUT2D eigenvalue weighted by Gasteiger charge is 2.19. The molecule has 0 aromatic heterocycles. The molecule has 0 aliphatic carbocycles. The molecule has 0 aliphatic rings. The summed E-state index contributed by atoms with van der Waals surface area (Å²) in [5.74, 6) is 0.639. The Morgan fingerprint density at radius 1 is 1.14 bits per heavy atom. The Bertz CT molecular complexity index is 598. The molecule has 0 bridgehead atoms. The van der Waals surface area contributed by atoms with Crippen molar-refractivity contribution in [3.05, 3.63) is 65.0 Å². The monoisotopic (exact) mass is 287 g/mol. The van der Waals surface area contributed by atoms with E-state index in [-0.39, 0.29) is 11.9 Å². The Balaban J connectivity index is 2.47. The maximum absolute atomic E-state index is 13.4. The van der Waals surface area contributed by atoms with Crippen molar-refractivity contribution < 1.29 is 9.13 Å². The Morgan fingerprint density at radius 3 is 2.57 bits per heavy atom. The van der Waals surface area contributed by atoms with Crippen LogP contribution in [0.2, 0.25) is 0 Å². The molecular formula is C18H22FNO. The number of rotatable bonds is 6. The fraction of sp³-hybridized carbons (Fsp3) is 0.333. The quantitative estimate of drug-likeness (QED) is 0.858. The van der Waals surface area contributed by atoms with Gasteiger partial charge in [0.05, 0.1) is 13.2 Å². The molecule has 112 valence electrons. The van der Waals surface area contributed by atoms with E-state index in [0.29, 0.717) is 0 Å². The minimum absolute atomic E-state index is 0.00157. The largest absolute Gasteiger partial charge is 0.496 e. The van der Waals surface area contributed by atoms with E-state index in [4.69, 9.17) is 4.74 Å². The van der Waals surface area contributed by atoms with Crippen molar-refractivity contribution in [2.45, 2.75) is 26.3 Å². The highest BCUT2D eigenvalue weighted by Crippen LogP contribution is 2.31. The van der Waals surface area contributed by atoms with Crippen molar-refractivity contribution in [3.63, 3.8) is 0 Å². The molecule has 3 heteroatoms. The molecule has 0 spiro atoms. The molecule has 0 saturated heterocycles. The highest BCUT2D eigenvalue weighted by molar-refractivity contribution is 5.44. The highest BCUT2D eigenvalue weighted by atomic mass is 19.1. The van der Waals surface area contributed by atoms with Crippen LogP contribution in [0.25, 0.3) is 0 Å². The van der Waals surface area contributed by atoms with E-state index >= 15 is 0 Å². The zero-order valence-corrected chi connectivity index (χ0v) is 12.8. The van der Waals surface area contributed by atoms with Gasteiger partial charge in [0.1, 0.15) is 11.6 Å². The molecule has 1 unspecified atom stereocenters. The van der Waals surface area contributed by atoms with E-state index in [1.807, 2.05) is 31.2 Å². The number of ether oxygens (including phenoxy) is 1. The minimum Gasteiger partial charge on any atom is -0.496 e. The molecule has 0 aliphatic heterocycles. The lowest BCUT2D eigenvalue weighted by Crippen LogP contribution is -2.24. The van der Waals surface area contributed by atoms with Gasteiger partial charge in [0.2, 0.25) is 0 Å². The lowest BCUT2D eigenvalue weighted by atomic mass is 9.94. The third-order valence-electron chi connectivity index (χ3n) is 3.59. The number of halogens is 1. The smallest absolute Gasteiger partial charge is 0.123 e. The van der Waals surface area contributed by atoms with E-state index in [2.05, 4.69) is 18.3 Å². The number of para-hydroxylation sites is 1. The van der Waals surface area contributed by atoms with Crippen LogP contribution in [-0.4, -0.2) is 13.7 Å². The normalized spacial score (nSPS) is 12.2. The van der Waals surface area contributed by atoms with Crippen LogP contribution in [0.1, 0.15) is 36.1 Å². The van der Waals surface area contributed by atoms with Crippen LogP contribution in [-0.2, 0) is 0 Å². The maximum atomic E-state index is 13.4. The second-order valence-corrected chi connectivity index (χ2v) is 5.13. The second-order valence-electron chi connectivity index (χ2n) is 5.13. The summed E-state index contributed by atoms with van der Waals surface area (Å²) in [5, 5.41) is 3.53. The molecule has 1 atom stereocenters. The van der Waals surface area contributed by atoms with Crippen molar-refractivity contribution in [3.8, 4) is 5.75 Å². The van der Waals surface area contributed by atoms with Crippen LogP contribution in [0.5, 0.6) is 5.75 Å². The average molecular weight is 287 g/mol. The minimum atomic E-state index is -0.203. The van der Waals surface area contributed by atoms with E-state index in [1.54, 1.807) is 13.2 Å². The lowest BCUT2D eigenvalue weighted by Gasteiger charge is -2.23. The van der Waals surface area contributed by atoms with Crippen LogP contribution in [0.3, 0.4) is 0 Å². The van der Waals surface area contributed by atoms with E-state index in [0.717, 1.165) is 35.4 Å². The predicted molar refractivity (Wildman–Crippen MR) is 84.3 cm³/mol. The van der Waals surface area contributed by atoms with Gasteiger partial charge in [-0.05, 0) is 49.2 Å². The lowest BCUT2D eigenvalue weighted by molar-refractivity contribution is 0.403. The summed E-state index contributed by atoms with van der Waals surface area (Å²) in [5.41, 5.74) is 3.09. The van der Waals surface area contributed by atoms with Crippen LogP contribution in [0.15, 0.2) is 42.5 Å². The van der Waals surface area contributed by atoms with Gasteiger partial charge < -0.3 is 10.1 Å². The summed E-state index contributed by atoms with van der Waals surface area (Å²) in [7, 11) is 1.67. The Labute approximate surface area is 126 Å². The summed E-state index contributed by atoms with van der Waals surface area (Å²) in [4.78, 5) is 0. The molecule has 2 rings (SSSR count). The summed E-state index contributed by atoms with van der Waals surface area (Å²) in [6.45, 7) is 4.96. The first-order valence-electron chi connectivity index (χ1n) is 7.29. The number of nitrogens with one attached hydrogen (secondary N) is 1. The molecule has 0 amide bonds. The van der Waals surface area contributed by atoms with Gasteiger partial charge in [-0.25, -0.2) is 4.39 Å². The van der Waals surface area contributed by atoms with Gasteiger partial charge in [0.25, 0.3) is 0 Å². The van der Waals surface area contributed by atoms with E-state index in [1.165, 1.54) is 6.07 Å². The van der Waals surface area contributed by atoms with Crippen LogP contribution in [0.4, 0.5) is 4.39 Å². The molecule has 0 heterocycles. The van der Waals surface area contributed by atoms with Crippen molar-refractivity contribution in [2.24, 2.45) is 0 Å². The van der Waals surface area contributed by atoms with Gasteiger partial charge in [-0.15, -0.1) is 0 Å². The third kappa shape index (κ3) is 3.61. The average Bonchev–Trinajstić information content (AvgIpc) is 2.49. The SMILES string of the molecule is CCCNC(c1ccc(F)cc1C)c1ccccc1OC. The molecule has 2 nitrogen and oxygen atoms in total. The summed E-state index contributed by atoms with van der Waals surface area (Å²) in [6, 6.07) is 12.9. The van der Waals surface area contributed by atoms with Crippen LogP contribution >= 0.6 is 0 Å². The third-order valence-corrected chi connectivity index (χ3v) is 3.59. The van der Waals surface area contributed by atoms with E-state index in [9.17, 15) is 4.39 Å². The number of benzene rings is 2. The van der Waals surface area contributed by atoms with Crippen molar-refractivity contribution in [1.82, 2.24) is 5.32 Å². The Hall–Kier alpha value is -1.87. The van der Waals surface area contributed by atoms with Gasteiger partial charge in [-0.1, -0.05) is 31.2 Å². The topological polar surface area (TPSA) is 21.3 Å². The standard InChI is InChI=1S/C18H22FNO/c1-4-11-20-18(15-10-9-14(19)12-13(15)2)16-7-5-6-8-17(16)21-3/h5-10,12,18,20H,4,11H2,1-3H3. The Morgan fingerprint density at radius 2 is 1.90 bits per heavy atom. The number of hydrogen-bond donors (Lipinski definition) is 1. The Kier molecular flexibility index (Phi) is 5.34. The van der Waals surface area contributed by atoms with Gasteiger partial charge in [0.15, 0.2) is 0 Å².